The summed E-state index contributed by atoms with van der Waals surface area (Å²) in [5.74, 6) is 5.53. The summed E-state index contributed by atoms with van der Waals surface area (Å²) >= 11 is 0. The zero-order chi connectivity index (χ0) is 24.7. The molecule has 0 spiro atoms. The topological polar surface area (TPSA) is 75.1 Å². The fraction of sp³-hybridized carbons (Fsp3) is 0.462. The summed E-state index contributed by atoms with van der Waals surface area (Å²) in [6.45, 7) is 5.59. The number of ether oxygens (including phenoxy) is 2. The van der Waals surface area contributed by atoms with E-state index in [9.17, 15) is 14.3 Å². The van der Waals surface area contributed by atoms with Gasteiger partial charge in [0.2, 0.25) is 5.88 Å². The molecule has 1 aromatic heterocycles. The number of carbonyl (C=O) groups excluding carboxylic acids is 1. The first-order valence-electron chi connectivity index (χ1n) is 11.3. The maximum atomic E-state index is 13.4. The SMILES string of the molecule is COCC#Cc1cnc2c(c1)C(=O)N([C@H](C)CO)C[C@H](C)[C@@H](CN(C)Cc1ccc(F)cc1)O2. The molecule has 3 rings (SSSR count). The van der Waals surface area contributed by atoms with Gasteiger partial charge in [-0.25, -0.2) is 9.37 Å². The lowest BCUT2D eigenvalue weighted by Gasteiger charge is -2.37. The minimum absolute atomic E-state index is 0.0234. The highest BCUT2D eigenvalue weighted by molar-refractivity contribution is 5.97. The molecule has 2 aromatic rings. The summed E-state index contributed by atoms with van der Waals surface area (Å²) in [6, 6.07) is 7.75. The van der Waals surface area contributed by atoms with Crippen molar-refractivity contribution in [1.29, 1.82) is 0 Å². The molecule has 8 heteroatoms. The van der Waals surface area contributed by atoms with Crippen molar-refractivity contribution in [2.75, 3.05) is 40.5 Å². The number of aliphatic hydroxyl groups is 1. The molecule has 182 valence electrons. The number of aromatic nitrogens is 1. The number of hydrogen-bond donors (Lipinski definition) is 1. The smallest absolute Gasteiger partial charge is 0.259 e. The third kappa shape index (κ3) is 6.54. The Morgan fingerprint density at radius 2 is 2.12 bits per heavy atom. The Morgan fingerprint density at radius 1 is 1.38 bits per heavy atom. The van der Waals surface area contributed by atoms with Gasteiger partial charge >= 0.3 is 0 Å². The number of methoxy groups -OCH3 is 1. The van der Waals surface area contributed by atoms with Gasteiger partial charge in [-0.3, -0.25) is 9.69 Å². The van der Waals surface area contributed by atoms with Crippen LogP contribution in [0, 0.1) is 23.6 Å². The molecule has 0 radical (unpaired) electrons. The number of halogens is 1. The summed E-state index contributed by atoms with van der Waals surface area (Å²) in [6.07, 6.45) is 1.32. The number of aliphatic hydroxyl groups excluding tert-OH is 1. The Balaban J connectivity index is 1.88. The summed E-state index contributed by atoms with van der Waals surface area (Å²) in [7, 11) is 3.54. The normalized spacial score (nSPS) is 18.9. The van der Waals surface area contributed by atoms with E-state index in [2.05, 4.69) is 21.7 Å². The Morgan fingerprint density at radius 3 is 2.79 bits per heavy atom. The highest BCUT2D eigenvalue weighted by atomic mass is 19.1. The van der Waals surface area contributed by atoms with E-state index in [1.165, 1.54) is 12.1 Å². The summed E-state index contributed by atoms with van der Waals surface area (Å²) < 4.78 is 24.5. The average molecular weight is 470 g/mol. The van der Waals surface area contributed by atoms with E-state index in [1.807, 2.05) is 20.9 Å². The average Bonchev–Trinajstić information content (AvgIpc) is 2.82. The van der Waals surface area contributed by atoms with Gasteiger partial charge in [-0.15, -0.1) is 0 Å². The van der Waals surface area contributed by atoms with Gasteiger partial charge in [0, 0.05) is 44.4 Å². The number of hydrogen-bond acceptors (Lipinski definition) is 6. The number of benzene rings is 1. The summed E-state index contributed by atoms with van der Waals surface area (Å²) in [5.41, 5.74) is 1.90. The quantitative estimate of drug-likeness (QED) is 0.629. The van der Waals surface area contributed by atoms with Crippen LogP contribution in [0.25, 0.3) is 0 Å². The summed E-state index contributed by atoms with van der Waals surface area (Å²) in [4.78, 5) is 21.6. The molecule has 2 heterocycles. The second kappa shape index (κ2) is 11.9. The van der Waals surface area contributed by atoms with Gasteiger partial charge in [-0.05, 0) is 37.7 Å². The lowest BCUT2D eigenvalue weighted by Crippen LogP contribution is -2.49. The number of likely N-dealkylation sites (N-methyl/N-ethyl adjacent to an activating group) is 1. The van der Waals surface area contributed by atoms with Crippen LogP contribution in [-0.4, -0.2) is 78.4 Å². The standard InChI is InChI=1S/C26H32FN3O4/c1-18-14-30(19(2)17-31)26(32)23-12-21(6-5-11-33-4)13-28-25(23)34-24(18)16-29(3)15-20-7-9-22(27)10-8-20/h7-10,12-13,18-19,24,31H,11,14-17H2,1-4H3/t18-,19+,24+/m0/s1. The van der Waals surface area contributed by atoms with Crippen molar-refractivity contribution in [3.8, 4) is 17.7 Å². The van der Waals surface area contributed by atoms with Crippen molar-refractivity contribution >= 4 is 5.91 Å². The van der Waals surface area contributed by atoms with Gasteiger partial charge in [0.25, 0.3) is 5.91 Å². The number of pyridine rings is 1. The van der Waals surface area contributed by atoms with Crippen LogP contribution >= 0.6 is 0 Å². The predicted molar refractivity (Wildman–Crippen MR) is 127 cm³/mol. The molecule has 0 fully saturated rings. The number of rotatable bonds is 7. The van der Waals surface area contributed by atoms with Crippen molar-refractivity contribution < 1.29 is 23.8 Å². The van der Waals surface area contributed by atoms with Crippen LogP contribution in [0.15, 0.2) is 36.5 Å². The molecule has 1 aliphatic rings. The highest BCUT2D eigenvalue weighted by Gasteiger charge is 2.34. The van der Waals surface area contributed by atoms with E-state index in [0.717, 1.165) is 5.56 Å². The minimum Gasteiger partial charge on any atom is -0.472 e. The maximum absolute atomic E-state index is 13.4. The van der Waals surface area contributed by atoms with Gasteiger partial charge in [0.1, 0.15) is 24.1 Å². The molecule has 0 bridgehead atoms. The van der Waals surface area contributed by atoms with Crippen molar-refractivity contribution in [2.24, 2.45) is 5.92 Å². The Labute approximate surface area is 200 Å². The predicted octanol–water partition coefficient (Wildman–Crippen LogP) is 2.57. The van der Waals surface area contributed by atoms with E-state index in [4.69, 9.17) is 9.47 Å². The molecule has 0 saturated heterocycles. The Bertz CT molecular complexity index is 1030. The van der Waals surface area contributed by atoms with E-state index >= 15 is 0 Å². The van der Waals surface area contributed by atoms with Gasteiger partial charge in [0.15, 0.2) is 0 Å². The third-order valence-electron chi connectivity index (χ3n) is 5.83. The monoisotopic (exact) mass is 469 g/mol. The van der Waals surface area contributed by atoms with Crippen LogP contribution in [0.5, 0.6) is 5.88 Å². The number of amides is 1. The fourth-order valence-corrected chi connectivity index (χ4v) is 3.87. The lowest BCUT2D eigenvalue weighted by molar-refractivity contribution is 0.0325. The van der Waals surface area contributed by atoms with E-state index in [1.54, 1.807) is 36.4 Å². The van der Waals surface area contributed by atoms with E-state index < -0.39 is 0 Å². The second-order valence-corrected chi connectivity index (χ2v) is 8.76. The highest BCUT2D eigenvalue weighted by Crippen LogP contribution is 2.27. The molecule has 34 heavy (non-hydrogen) atoms. The first-order valence-corrected chi connectivity index (χ1v) is 11.3. The molecule has 1 aromatic carbocycles. The van der Waals surface area contributed by atoms with Crippen molar-refractivity contribution in [3.05, 3.63) is 59.0 Å². The largest absolute Gasteiger partial charge is 0.472 e. The van der Waals surface area contributed by atoms with Gasteiger partial charge in [-0.2, -0.15) is 0 Å². The van der Waals surface area contributed by atoms with Crippen LogP contribution in [-0.2, 0) is 11.3 Å². The van der Waals surface area contributed by atoms with Crippen molar-refractivity contribution in [3.63, 3.8) is 0 Å². The summed E-state index contributed by atoms with van der Waals surface area (Å²) in [5, 5.41) is 9.78. The zero-order valence-corrected chi connectivity index (χ0v) is 20.1. The number of nitrogens with zero attached hydrogens (tertiary/aromatic N) is 3. The fourth-order valence-electron chi connectivity index (χ4n) is 3.87. The number of fused-ring (bicyclic) bond motifs is 1. The Kier molecular flexibility index (Phi) is 8.99. The van der Waals surface area contributed by atoms with Gasteiger partial charge < -0.3 is 19.5 Å². The molecule has 1 N–H and O–H groups in total. The minimum atomic E-state index is -0.360. The first kappa shape index (κ1) is 25.6. The molecule has 0 saturated carbocycles. The second-order valence-electron chi connectivity index (χ2n) is 8.76. The number of carbonyl (C=O) groups is 1. The third-order valence-corrected chi connectivity index (χ3v) is 5.83. The maximum Gasteiger partial charge on any atom is 0.259 e. The molecule has 1 aliphatic heterocycles. The van der Waals surface area contributed by atoms with Crippen LogP contribution in [0.4, 0.5) is 4.39 Å². The van der Waals surface area contributed by atoms with Crippen LogP contribution in [0.3, 0.4) is 0 Å². The molecular weight excluding hydrogens is 437 g/mol. The first-order chi connectivity index (χ1) is 16.3. The lowest BCUT2D eigenvalue weighted by atomic mass is 9.99. The van der Waals surface area contributed by atoms with Crippen molar-refractivity contribution in [2.45, 2.75) is 32.5 Å². The molecule has 3 atom stereocenters. The molecular formula is C26H32FN3O4. The molecule has 7 nitrogen and oxygen atoms in total. The molecule has 0 aliphatic carbocycles. The van der Waals surface area contributed by atoms with E-state index in [-0.39, 0.29) is 48.9 Å². The van der Waals surface area contributed by atoms with Crippen LogP contribution in [0.1, 0.15) is 35.3 Å². The zero-order valence-electron chi connectivity index (χ0n) is 20.1. The molecule has 1 amide bonds. The van der Waals surface area contributed by atoms with E-state index in [0.29, 0.717) is 30.8 Å². The van der Waals surface area contributed by atoms with Gasteiger partial charge in [0.05, 0.1) is 12.6 Å². The van der Waals surface area contributed by atoms with Crippen LogP contribution in [0.2, 0.25) is 0 Å². The van der Waals surface area contributed by atoms with Crippen molar-refractivity contribution in [1.82, 2.24) is 14.8 Å². The Hall–Kier alpha value is -2.99. The molecule has 0 unspecified atom stereocenters. The van der Waals surface area contributed by atoms with Crippen LogP contribution < -0.4 is 4.74 Å². The van der Waals surface area contributed by atoms with Gasteiger partial charge in [-0.1, -0.05) is 30.9 Å².